The third kappa shape index (κ3) is 7.15. The van der Waals surface area contributed by atoms with E-state index in [4.69, 9.17) is 16.3 Å². The fourth-order valence-electron chi connectivity index (χ4n) is 4.79. The molecule has 0 bridgehead atoms. The minimum atomic E-state index is -0.774. The molecule has 0 radical (unpaired) electrons. The number of aliphatic hydroxyl groups is 1. The van der Waals surface area contributed by atoms with E-state index in [9.17, 15) is 19.1 Å². The number of β-amino-alcohol motifs (C(OH)–C–C–N with tert-alkyl or cyclic N) is 1. The smallest absolute Gasteiger partial charge is 0.310 e. The Bertz CT molecular complexity index is 1240. The second kappa shape index (κ2) is 12.0. The molecule has 1 aliphatic heterocycles. The van der Waals surface area contributed by atoms with Crippen LogP contribution in [0, 0.1) is 11.7 Å². The van der Waals surface area contributed by atoms with Gasteiger partial charge in [0.05, 0.1) is 24.3 Å². The van der Waals surface area contributed by atoms with Crippen LogP contribution in [-0.2, 0) is 16.0 Å². The molecule has 38 heavy (non-hydrogen) atoms. The number of aromatic nitrogens is 3. The number of nitrogens with zero attached hydrogens (tertiary/aromatic N) is 3. The Morgan fingerprint density at radius 2 is 2.00 bits per heavy atom. The van der Waals surface area contributed by atoms with Gasteiger partial charge in [0.25, 0.3) is 5.91 Å². The van der Waals surface area contributed by atoms with E-state index in [-0.39, 0.29) is 24.1 Å². The van der Waals surface area contributed by atoms with Gasteiger partial charge in [0.1, 0.15) is 5.82 Å². The lowest BCUT2D eigenvalue weighted by Crippen LogP contribution is -2.61. The van der Waals surface area contributed by atoms with Gasteiger partial charge >= 0.3 is 5.97 Å². The van der Waals surface area contributed by atoms with Crippen molar-refractivity contribution in [1.82, 2.24) is 25.6 Å². The van der Waals surface area contributed by atoms with E-state index < -0.39 is 23.5 Å². The zero-order valence-electron chi connectivity index (χ0n) is 21.3. The first kappa shape index (κ1) is 27.7. The number of carbonyl (C=O) groups excluding carboxylic acids is 2. The van der Waals surface area contributed by atoms with Crippen molar-refractivity contribution in [2.75, 3.05) is 26.2 Å². The van der Waals surface area contributed by atoms with Crippen LogP contribution >= 0.6 is 11.6 Å². The van der Waals surface area contributed by atoms with Crippen molar-refractivity contribution in [2.24, 2.45) is 5.92 Å². The fraction of sp³-hybridized carbons (Fsp3) is 0.407. The highest BCUT2D eigenvalue weighted by molar-refractivity contribution is 6.30. The van der Waals surface area contributed by atoms with Crippen LogP contribution in [0.4, 0.5) is 4.39 Å². The SMILES string of the molecule is CCOC(=O)[C@@H](C[C@@H](Cc1ccc(-c2cc(Cl)ccc2F)cc1)NC(=O)c1cn[nH]n1)CN1CC(C)(O)C1. The Morgan fingerprint density at radius 1 is 1.26 bits per heavy atom. The predicted octanol–water partition coefficient (Wildman–Crippen LogP) is 3.24. The third-order valence-corrected chi connectivity index (χ3v) is 6.69. The van der Waals surface area contributed by atoms with Crippen LogP contribution in [0.15, 0.2) is 48.7 Å². The van der Waals surface area contributed by atoms with Gasteiger partial charge in [-0.25, -0.2) is 4.39 Å². The van der Waals surface area contributed by atoms with Crippen molar-refractivity contribution < 1.29 is 23.8 Å². The summed E-state index contributed by atoms with van der Waals surface area (Å²) in [7, 11) is 0. The predicted molar refractivity (Wildman–Crippen MR) is 140 cm³/mol. The molecule has 0 aliphatic carbocycles. The minimum absolute atomic E-state index is 0.133. The molecule has 2 atom stereocenters. The van der Waals surface area contributed by atoms with Gasteiger partial charge < -0.3 is 15.2 Å². The molecule has 2 heterocycles. The molecule has 4 rings (SSSR count). The summed E-state index contributed by atoms with van der Waals surface area (Å²) < 4.78 is 19.7. The van der Waals surface area contributed by atoms with Gasteiger partial charge in [-0.2, -0.15) is 15.4 Å². The highest BCUT2D eigenvalue weighted by Gasteiger charge is 2.39. The summed E-state index contributed by atoms with van der Waals surface area (Å²) in [6.45, 7) is 5.06. The lowest BCUT2D eigenvalue weighted by Gasteiger charge is -2.45. The average molecular weight is 544 g/mol. The van der Waals surface area contributed by atoms with Crippen molar-refractivity contribution in [3.8, 4) is 11.1 Å². The molecule has 1 fully saturated rings. The lowest BCUT2D eigenvalue weighted by atomic mass is 9.90. The zero-order chi connectivity index (χ0) is 27.3. The molecule has 2 aromatic carbocycles. The highest BCUT2D eigenvalue weighted by Crippen LogP contribution is 2.27. The number of halogens is 2. The number of nitrogens with one attached hydrogen (secondary N) is 2. The molecule has 3 N–H and O–H groups in total. The summed E-state index contributed by atoms with van der Waals surface area (Å²) in [6.07, 6.45) is 2.05. The molecular weight excluding hydrogens is 513 g/mol. The summed E-state index contributed by atoms with van der Waals surface area (Å²) in [5, 5.41) is 23.5. The molecule has 1 amide bonds. The zero-order valence-corrected chi connectivity index (χ0v) is 22.0. The fourth-order valence-corrected chi connectivity index (χ4v) is 4.97. The molecule has 3 aromatic rings. The minimum Gasteiger partial charge on any atom is -0.466 e. The average Bonchev–Trinajstić information content (AvgIpc) is 3.40. The number of likely N-dealkylation sites (tertiary alicyclic amines) is 1. The molecule has 1 aliphatic rings. The number of amides is 1. The van der Waals surface area contributed by atoms with Crippen LogP contribution in [-0.4, -0.2) is 75.2 Å². The molecule has 1 saturated heterocycles. The maximum absolute atomic E-state index is 14.3. The number of benzene rings is 2. The van der Waals surface area contributed by atoms with Crippen molar-refractivity contribution >= 4 is 23.5 Å². The second-order valence-corrected chi connectivity index (χ2v) is 10.3. The van der Waals surface area contributed by atoms with Crippen molar-refractivity contribution in [3.63, 3.8) is 0 Å². The standard InChI is InChI=1S/C27H31ClFN5O4/c1-3-38-26(36)19(14-34-15-27(2,37)16-34)11-21(31-25(35)24-13-30-33-32-24)10-17-4-6-18(7-5-17)22-12-20(28)8-9-23(22)29/h4-9,12-13,19,21,37H,3,10-11,14-16H2,1-2H3,(H,31,35)(H,30,32,33)/t19-,21+/m0/s1. The Kier molecular flexibility index (Phi) is 8.76. The molecule has 202 valence electrons. The maximum atomic E-state index is 14.3. The van der Waals surface area contributed by atoms with E-state index >= 15 is 0 Å². The molecular formula is C27H31ClFN5O4. The van der Waals surface area contributed by atoms with E-state index in [2.05, 4.69) is 20.7 Å². The Balaban J connectivity index is 1.53. The van der Waals surface area contributed by atoms with Crippen LogP contribution in [0.2, 0.25) is 5.02 Å². The molecule has 9 nitrogen and oxygen atoms in total. The molecule has 1 aromatic heterocycles. The van der Waals surface area contributed by atoms with Gasteiger partial charge in [-0.15, -0.1) is 0 Å². The first-order chi connectivity index (χ1) is 18.1. The summed E-state index contributed by atoms with van der Waals surface area (Å²) >= 11 is 6.05. The van der Waals surface area contributed by atoms with Crippen LogP contribution < -0.4 is 5.32 Å². The number of carbonyl (C=O) groups is 2. The number of esters is 1. The van der Waals surface area contributed by atoms with E-state index in [0.717, 1.165) is 5.56 Å². The molecule has 0 saturated carbocycles. The topological polar surface area (TPSA) is 120 Å². The number of hydrogen-bond donors (Lipinski definition) is 3. The lowest BCUT2D eigenvalue weighted by molar-refractivity contribution is -0.152. The largest absolute Gasteiger partial charge is 0.466 e. The Hall–Kier alpha value is -3.34. The molecule has 11 heteroatoms. The van der Waals surface area contributed by atoms with Gasteiger partial charge in [0.2, 0.25) is 0 Å². The van der Waals surface area contributed by atoms with Gasteiger partial charge in [-0.05, 0) is 56.0 Å². The normalized spacial score (nSPS) is 16.3. The van der Waals surface area contributed by atoms with Gasteiger partial charge in [0, 0.05) is 36.3 Å². The van der Waals surface area contributed by atoms with Crippen molar-refractivity contribution in [2.45, 2.75) is 38.3 Å². The Morgan fingerprint density at radius 3 is 2.63 bits per heavy atom. The number of aromatic amines is 1. The maximum Gasteiger partial charge on any atom is 0.310 e. The summed E-state index contributed by atoms with van der Waals surface area (Å²) in [5.74, 6) is -1.67. The number of ether oxygens (including phenoxy) is 1. The van der Waals surface area contributed by atoms with E-state index in [1.54, 1.807) is 32.0 Å². The monoisotopic (exact) mass is 543 g/mol. The first-order valence-electron chi connectivity index (χ1n) is 12.5. The van der Waals surface area contributed by atoms with E-state index in [1.165, 1.54) is 18.3 Å². The van der Waals surface area contributed by atoms with Crippen LogP contribution in [0.3, 0.4) is 0 Å². The van der Waals surface area contributed by atoms with Crippen LogP contribution in [0.1, 0.15) is 36.3 Å². The molecule has 0 unspecified atom stereocenters. The van der Waals surface area contributed by atoms with Gasteiger partial charge in [-0.1, -0.05) is 35.9 Å². The third-order valence-electron chi connectivity index (χ3n) is 6.45. The number of H-pyrrole nitrogens is 1. The molecule has 0 spiro atoms. The first-order valence-corrected chi connectivity index (χ1v) is 12.8. The van der Waals surface area contributed by atoms with Crippen molar-refractivity contribution in [3.05, 3.63) is 70.8 Å². The summed E-state index contributed by atoms with van der Waals surface area (Å²) in [6, 6.07) is 11.3. The van der Waals surface area contributed by atoms with Crippen molar-refractivity contribution in [1.29, 1.82) is 0 Å². The van der Waals surface area contributed by atoms with E-state index in [0.29, 0.717) is 48.6 Å². The highest BCUT2D eigenvalue weighted by atomic mass is 35.5. The summed E-state index contributed by atoms with van der Waals surface area (Å²) in [4.78, 5) is 27.7. The van der Waals surface area contributed by atoms with Gasteiger partial charge in [-0.3, -0.25) is 14.5 Å². The number of rotatable bonds is 11. The van der Waals surface area contributed by atoms with E-state index in [1.807, 2.05) is 17.0 Å². The van der Waals surface area contributed by atoms with Crippen LogP contribution in [0.25, 0.3) is 11.1 Å². The van der Waals surface area contributed by atoms with Crippen LogP contribution in [0.5, 0.6) is 0 Å². The summed E-state index contributed by atoms with van der Waals surface area (Å²) in [5.41, 5.74) is 1.31. The number of hydrogen-bond acceptors (Lipinski definition) is 7. The Labute approximate surface area is 225 Å². The van der Waals surface area contributed by atoms with Gasteiger partial charge in [0.15, 0.2) is 5.69 Å². The second-order valence-electron chi connectivity index (χ2n) is 9.90. The quantitative estimate of drug-likeness (QED) is 0.317.